The van der Waals surface area contributed by atoms with Gasteiger partial charge in [0.1, 0.15) is 17.7 Å². The molecule has 0 aliphatic heterocycles. The zero-order chi connectivity index (χ0) is 18.9. The van der Waals surface area contributed by atoms with Crippen molar-refractivity contribution in [3.05, 3.63) is 58.1 Å². The molecule has 0 spiro atoms. The third-order valence-corrected chi connectivity index (χ3v) is 6.21. The molecule has 10 heteroatoms. The number of nitrogens with zero attached hydrogens (tertiary/aromatic N) is 1. The van der Waals surface area contributed by atoms with Crippen LogP contribution in [0.4, 0.5) is 14.5 Å². The van der Waals surface area contributed by atoms with Gasteiger partial charge in [-0.15, -0.1) is 0 Å². The van der Waals surface area contributed by atoms with E-state index in [-0.39, 0.29) is 14.9 Å². The SMILES string of the molecule is CC(C(=O)Cl)N(c1ccc(F)cc1F)S(=O)(=O)c1ccc(Cl)c(Cl)c1. The van der Waals surface area contributed by atoms with Gasteiger partial charge in [-0.2, -0.15) is 0 Å². The van der Waals surface area contributed by atoms with Crippen molar-refractivity contribution in [3.8, 4) is 0 Å². The van der Waals surface area contributed by atoms with Crippen LogP contribution >= 0.6 is 34.8 Å². The first-order valence-electron chi connectivity index (χ1n) is 6.69. The molecule has 0 amide bonds. The number of rotatable bonds is 5. The summed E-state index contributed by atoms with van der Waals surface area (Å²) >= 11 is 17.0. The van der Waals surface area contributed by atoms with Gasteiger partial charge in [0.25, 0.3) is 10.0 Å². The first kappa shape index (κ1) is 19.9. The maximum Gasteiger partial charge on any atom is 0.265 e. The number of sulfonamides is 1. The van der Waals surface area contributed by atoms with Crippen LogP contribution in [0.2, 0.25) is 10.0 Å². The molecule has 0 saturated heterocycles. The maximum absolute atomic E-state index is 14.2. The molecule has 1 unspecified atom stereocenters. The Labute approximate surface area is 158 Å². The average molecular weight is 429 g/mol. The standard InChI is InChI=1S/C15H10Cl3F2NO3S/c1-8(15(18)22)21(14-5-2-9(19)6-13(14)20)25(23,24)10-3-4-11(16)12(17)7-10/h2-8H,1H3. The summed E-state index contributed by atoms with van der Waals surface area (Å²) in [7, 11) is -4.45. The molecule has 0 heterocycles. The molecule has 0 saturated carbocycles. The van der Waals surface area contributed by atoms with Gasteiger partial charge in [0.2, 0.25) is 5.24 Å². The number of hydrogen-bond acceptors (Lipinski definition) is 3. The van der Waals surface area contributed by atoms with Crippen molar-refractivity contribution < 1.29 is 22.0 Å². The van der Waals surface area contributed by atoms with Gasteiger partial charge < -0.3 is 0 Å². The van der Waals surface area contributed by atoms with E-state index in [9.17, 15) is 22.0 Å². The summed E-state index contributed by atoms with van der Waals surface area (Å²) in [5.74, 6) is -2.08. The number of benzene rings is 2. The van der Waals surface area contributed by atoms with Gasteiger partial charge in [-0.1, -0.05) is 23.2 Å². The third-order valence-electron chi connectivity index (χ3n) is 3.28. The molecule has 0 aliphatic rings. The predicted octanol–water partition coefficient (Wildman–Crippen LogP) is 4.62. The van der Waals surface area contributed by atoms with E-state index >= 15 is 0 Å². The molecule has 2 aromatic carbocycles. The monoisotopic (exact) mass is 427 g/mol. The Balaban J connectivity index is 2.69. The second-order valence-corrected chi connectivity index (χ2v) is 7.95. The van der Waals surface area contributed by atoms with Crippen LogP contribution < -0.4 is 4.31 Å². The minimum Gasteiger partial charge on any atom is -0.279 e. The fraction of sp³-hybridized carbons (Fsp3) is 0.133. The summed E-state index contributed by atoms with van der Waals surface area (Å²) < 4.78 is 53.7. The lowest BCUT2D eigenvalue weighted by Crippen LogP contribution is -2.42. The zero-order valence-electron chi connectivity index (χ0n) is 12.5. The van der Waals surface area contributed by atoms with Crippen molar-refractivity contribution in [2.75, 3.05) is 4.31 Å². The van der Waals surface area contributed by atoms with Crippen LogP contribution in [0.5, 0.6) is 0 Å². The van der Waals surface area contributed by atoms with Crippen molar-refractivity contribution >= 4 is 55.8 Å². The second kappa shape index (κ2) is 7.45. The molecular formula is C15H10Cl3F2NO3S. The lowest BCUT2D eigenvalue weighted by molar-refractivity contribution is -0.112. The van der Waals surface area contributed by atoms with Gasteiger partial charge in [-0.25, -0.2) is 17.2 Å². The molecule has 1 atom stereocenters. The van der Waals surface area contributed by atoms with Gasteiger partial charge >= 0.3 is 0 Å². The highest BCUT2D eigenvalue weighted by Crippen LogP contribution is 2.32. The lowest BCUT2D eigenvalue weighted by Gasteiger charge is -2.28. The van der Waals surface area contributed by atoms with Gasteiger partial charge in [-0.05, 0) is 48.9 Å². The smallest absolute Gasteiger partial charge is 0.265 e. The summed E-state index contributed by atoms with van der Waals surface area (Å²) in [5.41, 5.74) is -0.533. The van der Waals surface area contributed by atoms with E-state index in [1.807, 2.05) is 0 Å². The van der Waals surface area contributed by atoms with Gasteiger partial charge in [0.05, 0.1) is 20.6 Å². The van der Waals surface area contributed by atoms with Gasteiger partial charge in [0, 0.05) is 6.07 Å². The molecule has 4 nitrogen and oxygen atoms in total. The first-order chi connectivity index (χ1) is 11.6. The largest absolute Gasteiger partial charge is 0.279 e. The normalized spacial score (nSPS) is 12.7. The van der Waals surface area contributed by atoms with E-state index in [4.69, 9.17) is 34.8 Å². The summed E-state index contributed by atoms with van der Waals surface area (Å²) in [4.78, 5) is 11.2. The Morgan fingerprint density at radius 3 is 2.24 bits per heavy atom. The van der Waals surface area contributed by atoms with Crippen molar-refractivity contribution in [1.82, 2.24) is 0 Å². The lowest BCUT2D eigenvalue weighted by atomic mass is 10.2. The van der Waals surface area contributed by atoms with E-state index < -0.39 is 38.6 Å². The number of halogens is 5. The van der Waals surface area contributed by atoms with Crippen LogP contribution in [0, 0.1) is 11.6 Å². The highest BCUT2D eigenvalue weighted by molar-refractivity contribution is 7.93. The summed E-state index contributed by atoms with van der Waals surface area (Å²) in [5, 5.41) is -0.985. The molecule has 2 rings (SSSR count). The number of carbonyl (C=O) groups excluding carboxylic acids is 1. The maximum atomic E-state index is 14.2. The first-order valence-corrected chi connectivity index (χ1v) is 9.27. The van der Waals surface area contributed by atoms with Crippen LogP contribution in [0.15, 0.2) is 41.3 Å². The van der Waals surface area contributed by atoms with E-state index in [1.165, 1.54) is 13.0 Å². The predicted molar refractivity (Wildman–Crippen MR) is 92.8 cm³/mol. The molecule has 0 bridgehead atoms. The Bertz CT molecular complexity index is 938. The Morgan fingerprint density at radius 1 is 1.08 bits per heavy atom. The fourth-order valence-electron chi connectivity index (χ4n) is 2.05. The molecule has 2 aromatic rings. The molecule has 25 heavy (non-hydrogen) atoms. The number of carbonyl (C=O) groups is 1. The van der Waals surface area contributed by atoms with E-state index in [2.05, 4.69) is 0 Å². The zero-order valence-corrected chi connectivity index (χ0v) is 15.6. The van der Waals surface area contributed by atoms with E-state index in [0.29, 0.717) is 10.4 Å². The van der Waals surface area contributed by atoms with E-state index in [1.54, 1.807) is 0 Å². The average Bonchev–Trinajstić information content (AvgIpc) is 2.51. The number of anilines is 1. The summed E-state index contributed by atoms with van der Waals surface area (Å²) in [6.45, 7) is 1.17. The van der Waals surface area contributed by atoms with Crippen molar-refractivity contribution in [2.45, 2.75) is 17.9 Å². The van der Waals surface area contributed by atoms with Crippen LogP contribution in [0.25, 0.3) is 0 Å². The van der Waals surface area contributed by atoms with Crippen LogP contribution in [-0.4, -0.2) is 19.7 Å². The summed E-state index contributed by atoms with van der Waals surface area (Å²) in [6, 6.07) is 4.24. The molecule has 0 aliphatic carbocycles. The van der Waals surface area contributed by atoms with Crippen molar-refractivity contribution in [1.29, 1.82) is 0 Å². The molecule has 0 aromatic heterocycles. The molecule has 134 valence electrons. The Kier molecular flexibility index (Phi) is 5.93. The Hall–Kier alpha value is -1.41. The molecule has 0 fully saturated rings. The minimum absolute atomic E-state index is 0.0490. The van der Waals surface area contributed by atoms with Crippen LogP contribution in [0.3, 0.4) is 0 Å². The van der Waals surface area contributed by atoms with Crippen LogP contribution in [0.1, 0.15) is 6.92 Å². The topological polar surface area (TPSA) is 54.5 Å². The highest BCUT2D eigenvalue weighted by atomic mass is 35.5. The minimum atomic E-state index is -4.45. The van der Waals surface area contributed by atoms with Crippen LogP contribution in [-0.2, 0) is 14.8 Å². The van der Waals surface area contributed by atoms with Gasteiger partial charge in [-0.3, -0.25) is 9.10 Å². The molecular weight excluding hydrogens is 419 g/mol. The molecule has 0 N–H and O–H groups in total. The number of hydrogen-bond donors (Lipinski definition) is 0. The van der Waals surface area contributed by atoms with Crippen molar-refractivity contribution in [2.24, 2.45) is 0 Å². The summed E-state index contributed by atoms with van der Waals surface area (Å²) in [6.07, 6.45) is 0. The third kappa shape index (κ3) is 4.06. The Morgan fingerprint density at radius 2 is 1.72 bits per heavy atom. The molecule has 0 radical (unpaired) electrons. The van der Waals surface area contributed by atoms with Gasteiger partial charge in [0.15, 0.2) is 0 Å². The second-order valence-electron chi connectivity index (χ2n) is 4.95. The highest BCUT2D eigenvalue weighted by Gasteiger charge is 2.34. The van der Waals surface area contributed by atoms with Crippen molar-refractivity contribution in [3.63, 3.8) is 0 Å². The quantitative estimate of drug-likeness (QED) is 0.653. The fourth-order valence-corrected chi connectivity index (χ4v) is 4.22. The van der Waals surface area contributed by atoms with E-state index in [0.717, 1.165) is 24.3 Å².